The summed E-state index contributed by atoms with van der Waals surface area (Å²) in [5, 5.41) is 4.25. The fourth-order valence-corrected chi connectivity index (χ4v) is 5.80. The van der Waals surface area contributed by atoms with Gasteiger partial charge in [0.25, 0.3) is 11.8 Å². The molecule has 0 saturated carbocycles. The number of para-hydroxylation sites is 1. The van der Waals surface area contributed by atoms with Gasteiger partial charge in [-0.05, 0) is 55.0 Å². The van der Waals surface area contributed by atoms with Crippen LogP contribution in [0.25, 0.3) is 22.4 Å². The Labute approximate surface area is 189 Å². The lowest BCUT2D eigenvalue weighted by molar-refractivity contribution is 0.1000. The maximum atomic E-state index is 13.4. The molecule has 5 rings (SSSR count). The van der Waals surface area contributed by atoms with Gasteiger partial charge in [0.15, 0.2) is 5.76 Å². The third kappa shape index (κ3) is 3.58. The SMILES string of the molecule is CC[C@H]1CCc2c(sc(NC(=O)c3cc(-c4ccco4)nc4ccccc34)c2C(N)=O)C1. The molecule has 162 valence electrons. The number of furan rings is 1. The third-order valence-electron chi connectivity index (χ3n) is 6.15. The summed E-state index contributed by atoms with van der Waals surface area (Å²) >= 11 is 1.47. The molecule has 0 spiro atoms. The number of pyridine rings is 1. The lowest BCUT2D eigenvalue weighted by Crippen LogP contribution is -2.20. The Bertz CT molecular complexity index is 1320. The second-order valence-electron chi connectivity index (χ2n) is 8.09. The number of thiophene rings is 1. The summed E-state index contributed by atoms with van der Waals surface area (Å²) in [6.45, 7) is 2.19. The van der Waals surface area contributed by atoms with Crippen LogP contribution in [0.4, 0.5) is 5.00 Å². The average molecular weight is 446 g/mol. The van der Waals surface area contributed by atoms with Gasteiger partial charge in [0, 0.05) is 10.3 Å². The zero-order valence-corrected chi connectivity index (χ0v) is 18.5. The number of nitrogens with zero attached hydrogens (tertiary/aromatic N) is 1. The number of fused-ring (bicyclic) bond motifs is 2. The molecule has 0 bridgehead atoms. The highest BCUT2D eigenvalue weighted by molar-refractivity contribution is 7.17. The van der Waals surface area contributed by atoms with Crippen molar-refractivity contribution in [2.75, 3.05) is 5.32 Å². The van der Waals surface area contributed by atoms with E-state index in [1.54, 1.807) is 24.5 Å². The Balaban J connectivity index is 1.56. The van der Waals surface area contributed by atoms with Gasteiger partial charge in [-0.1, -0.05) is 31.5 Å². The predicted octanol–water partition coefficient (Wildman–Crippen LogP) is 5.42. The monoisotopic (exact) mass is 445 g/mol. The molecule has 6 nitrogen and oxygen atoms in total. The molecule has 1 aromatic carbocycles. The molecule has 0 aliphatic heterocycles. The number of nitrogens with one attached hydrogen (secondary N) is 1. The van der Waals surface area contributed by atoms with Crippen LogP contribution in [0.5, 0.6) is 0 Å². The maximum absolute atomic E-state index is 13.4. The van der Waals surface area contributed by atoms with Gasteiger partial charge in [0.05, 0.1) is 22.9 Å². The molecule has 2 amide bonds. The topological polar surface area (TPSA) is 98.2 Å². The van der Waals surface area contributed by atoms with E-state index in [1.807, 2.05) is 24.3 Å². The van der Waals surface area contributed by atoms with E-state index in [4.69, 9.17) is 10.2 Å². The van der Waals surface area contributed by atoms with E-state index in [9.17, 15) is 9.59 Å². The van der Waals surface area contributed by atoms with Crippen LogP contribution in [0.3, 0.4) is 0 Å². The van der Waals surface area contributed by atoms with Crippen molar-refractivity contribution in [2.45, 2.75) is 32.6 Å². The zero-order valence-electron chi connectivity index (χ0n) is 17.7. The van der Waals surface area contributed by atoms with E-state index in [1.165, 1.54) is 11.3 Å². The number of amides is 2. The minimum absolute atomic E-state index is 0.301. The molecule has 0 fully saturated rings. The molecular formula is C25H23N3O3S. The van der Waals surface area contributed by atoms with Gasteiger partial charge in [0.2, 0.25) is 0 Å². The van der Waals surface area contributed by atoms with E-state index < -0.39 is 5.91 Å². The smallest absolute Gasteiger partial charge is 0.257 e. The van der Waals surface area contributed by atoms with Crippen molar-refractivity contribution < 1.29 is 14.0 Å². The number of hydrogen-bond acceptors (Lipinski definition) is 5. The Hall–Kier alpha value is -3.45. The highest BCUT2D eigenvalue weighted by atomic mass is 32.1. The first-order valence-corrected chi connectivity index (χ1v) is 11.6. The summed E-state index contributed by atoms with van der Waals surface area (Å²) in [6.07, 6.45) is 5.45. The number of anilines is 1. The first-order chi connectivity index (χ1) is 15.5. The van der Waals surface area contributed by atoms with Crippen molar-refractivity contribution in [2.24, 2.45) is 11.7 Å². The standard InChI is InChI=1S/C25H23N3O3S/c1-2-14-9-10-16-21(12-14)32-25(22(16)23(26)29)28-24(30)17-13-19(20-8-5-11-31-20)27-18-7-4-3-6-15(17)18/h3-8,11,13-14H,2,9-10,12H2,1H3,(H2,26,29)(H,28,30)/t14-/m0/s1. The van der Waals surface area contributed by atoms with Crippen LogP contribution in [0.2, 0.25) is 0 Å². The van der Waals surface area contributed by atoms with Crippen molar-refractivity contribution in [3.05, 3.63) is 70.3 Å². The number of aromatic nitrogens is 1. The van der Waals surface area contributed by atoms with Gasteiger partial charge in [-0.25, -0.2) is 4.98 Å². The van der Waals surface area contributed by atoms with Crippen LogP contribution in [0, 0.1) is 5.92 Å². The Morgan fingerprint density at radius 1 is 1.25 bits per heavy atom. The summed E-state index contributed by atoms with van der Waals surface area (Å²) in [6, 6.07) is 12.8. The van der Waals surface area contributed by atoms with Crippen molar-refractivity contribution in [1.82, 2.24) is 4.98 Å². The predicted molar refractivity (Wildman–Crippen MR) is 126 cm³/mol. The molecule has 3 aromatic heterocycles. The van der Waals surface area contributed by atoms with Crippen LogP contribution < -0.4 is 11.1 Å². The molecule has 1 atom stereocenters. The molecule has 1 aliphatic carbocycles. The van der Waals surface area contributed by atoms with Crippen LogP contribution >= 0.6 is 11.3 Å². The second-order valence-corrected chi connectivity index (χ2v) is 9.20. The summed E-state index contributed by atoms with van der Waals surface area (Å²) in [4.78, 5) is 31.5. The van der Waals surface area contributed by atoms with E-state index >= 15 is 0 Å². The third-order valence-corrected chi connectivity index (χ3v) is 7.32. The lowest BCUT2D eigenvalue weighted by atomic mass is 9.85. The Morgan fingerprint density at radius 3 is 2.84 bits per heavy atom. The molecule has 3 N–H and O–H groups in total. The van der Waals surface area contributed by atoms with E-state index in [0.29, 0.717) is 39.0 Å². The molecular weight excluding hydrogens is 422 g/mol. The number of carbonyl (C=O) groups is 2. The molecule has 0 saturated heterocycles. The highest BCUT2D eigenvalue weighted by Gasteiger charge is 2.28. The first kappa shape index (κ1) is 20.5. The fraction of sp³-hybridized carbons (Fsp3) is 0.240. The number of primary amides is 1. The van der Waals surface area contributed by atoms with Gasteiger partial charge in [-0.2, -0.15) is 0 Å². The van der Waals surface area contributed by atoms with Crippen molar-refractivity contribution in [3.8, 4) is 11.5 Å². The first-order valence-electron chi connectivity index (χ1n) is 10.7. The van der Waals surface area contributed by atoms with E-state index in [2.05, 4.69) is 17.2 Å². The highest BCUT2D eigenvalue weighted by Crippen LogP contribution is 2.40. The van der Waals surface area contributed by atoms with Crippen molar-refractivity contribution in [1.29, 1.82) is 0 Å². The summed E-state index contributed by atoms with van der Waals surface area (Å²) in [5.74, 6) is 0.387. The minimum Gasteiger partial charge on any atom is -0.463 e. The summed E-state index contributed by atoms with van der Waals surface area (Å²) < 4.78 is 5.49. The molecule has 0 unspecified atom stereocenters. The summed E-state index contributed by atoms with van der Waals surface area (Å²) in [5.41, 5.74) is 8.93. The van der Waals surface area contributed by atoms with Crippen LogP contribution in [-0.4, -0.2) is 16.8 Å². The molecule has 3 heterocycles. The number of rotatable bonds is 5. The van der Waals surface area contributed by atoms with Crippen LogP contribution in [0.15, 0.2) is 53.1 Å². The largest absolute Gasteiger partial charge is 0.463 e. The molecule has 0 radical (unpaired) electrons. The Kier molecular flexibility index (Phi) is 5.27. The van der Waals surface area contributed by atoms with E-state index in [0.717, 1.165) is 41.5 Å². The lowest BCUT2D eigenvalue weighted by Gasteiger charge is -2.20. The minimum atomic E-state index is -0.497. The quantitative estimate of drug-likeness (QED) is 0.428. The molecule has 4 aromatic rings. The van der Waals surface area contributed by atoms with Gasteiger partial charge in [-0.15, -0.1) is 11.3 Å². The van der Waals surface area contributed by atoms with E-state index in [-0.39, 0.29) is 5.91 Å². The zero-order chi connectivity index (χ0) is 22.2. The molecule has 7 heteroatoms. The molecule has 32 heavy (non-hydrogen) atoms. The van der Waals surface area contributed by atoms with Crippen molar-refractivity contribution in [3.63, 3.8) is 0 Å². The number of carbonyl (C=O) groups excluding carboxylic acids is 2. The number of benzene rings is 1. The summed E-state index contributed by atoms with van der Waals surface area (Å²) in [7, 11) is 0. The van der Waals surface area contributed by atoms with Gasteiger partial charge >= 0.3 is 0 Å². The maximum Gasteiger partial charge on any atom is 0.257 e. The van der Waals surface area contributed by atoms with Gasteiger partial charge < -0.3 is 15.5 Å². The molecule has 1 aliphatic rings. The van der Waals surface area contributed by atoms with Crippen LogP contribution in [0.1, 0.15) is 50.9 Å². The van der Waals surface area contributed by atoms with Gasteiger partial charge in [0.1, 0.15) is 10.7 Å². The Morgan fingerprint density at radius 2 is 2.09 bits per heavy atom. The van der Waals surface area contributed by atoms with Crippen molar-refractivity contribution >= 4 is 39.1 Å². The van der Waals surface area contributed by atoms with Crippen LogP contribution in [-0.2, 0) is 12.8 Å². The number of hydrogen-bond donors (Lipinski definition) is 2. The number of nitrogens with two attached hydrogens (primary N) is 1. The fourth-order valence-electron chi connectivity index (χ4n) is 4.44. The van der Waals surface area contributed by atoms with Gasteiger partial charge in [-0.3, -0.25) is 9.59 Å². The second kappa shape index (κ2) is 8.24. The average Bonchev–Trinajstić information content (AvgIpc) is 3.45. The normalized spacial score (nSPS) is 15.5.